The van der Waals surface area contributed by atoms with Gasteiger partial charge in [0.05, 0.1) is 16.5 Å². The summed E-state index contributed by atoms with van der Waals surface area (Å²) >= 11 is 6.39. The summed E-state index contributed by atoms with van der Waals surface area (Å²) in [6.07, 6.45) is 9.07. The van der Waals surface area contributed by atoms with Crippen molar-refractivity contribution in [3.63, 3.8) is 0 Å². The Morgan fingerprint density at radius 2 is 1.39 bits per heavy atom. The summed E-state index contributed by atoms with van der Waals surface area (Å²) in [5.74, 6) is -0.438. The van der Waals surface area contributed by atoms with E-state index in [1.54, 1.807) is 0 Å². The largest absolute Gasteiger partial charge is 0.371 e. The number of carbonyl (C=O) groups is 3. The van der Waals surface area contributed by atoms with Gasteiger partial charge in [-0.1, -0.05) is 23.7 Å². The molecule has 3 aromatic carbocycles. The lowest BCUT2D eigenvalue weighted by molar-refractivity contribution is -0.134. The summed E-state index contributed by atoms with van der Waals surface area (Å²) in [7, 11) is 0. The molecule has 6 fully saturated rings. The molecule has 5 heterocycles. The molecule has 11 heteroatoms. The number of hydrogen-bond acceptors (Lipinski definition) is 8. The van der Waals surface area contributed by atoms with Gasteiger partial charge in [0.2, 0.25) is 11.8 Å². The number of imide groups is 1. The van der Waals surface area contributed by atoms with Crippen molar-refractivity contribution in [2.45, 2.75) is 82.7 Å². The minimum absolute atomic E-state index is 0.161. The number of carbonyl (C=O) groups excluding carboxylic acids is 3. The van der Waals surface area contributed by atoms with E-state index in [1.807, 2.05) is 30.3 Å². The lowest BCUT2D eigenvalue weighted by atomic mass is 9.60. The van der Waals surface area contributed by atoms with E-state index in [9.17, 15) is 19.6 Å². The maximum Gasteiger partial charge on any atom is 0.253 e. The number of piperazine rings is 1. The second kappa shape index (κ2) is 15.3. The van der Waals surface area contributed by atoms with Gasteiger partial charge in [-0.25, -0.2) is 0 Å². The van der Waals surface area contributed by atoms with E-state index < -0.39 is 0 Å². The molecule has 1 N–H and O–H groups in total. The maximum absolute atomic E-state index is 13.6. The number of amides is 3. The number of hydrogen-bond donors (Lipinski definition) is 1. The third kappa shape index (κ3) is 7.49. The van der Waals surface area contributed by atoms with Crippen LogP contribution in [0.2, 0.25) is 5.02 Å². The molecule has 3 aromatic rings. The van der Waals surface area contributed by atoms with Crippen LogP contribution in [0.5, 0.6) is 0 Å². The zero-order chi connectivity index (χ0) is 39.3. The number of nitriles is 1. The summed E-state index contributed by atoms with van der Waals surface area (Å²) in [4.78, 5) is 49.6. The Hall–Kier alpha value is -4.59. The molecule has 2 atom stereocenters. The summed E-state index contributed by atoms with van der Waals surface area (Å²) in [5, 5.41) is 12.3. The monoisotopic (exact) mass is 787 g/mol. The predicted molar refractivity (Wildman–Crippen MR) is 224 cm³/mol. The van der Waals surface area contributed by atoms with Crippen molar-refractivity contribution in [1.82, 2.24) is 15.1 Å². The van der Waals surface area contributed by atoms with E-state index in [0.717, 1.165) is 108 Å². The van der Waals surface area contributed by atoms with Crippen molar-refractivity contribution in [3.8, 4) is 6.07 Å². The van der Waals surface area contributed by atoms with Crippen LogP contribution in [0.25, 0.3) is 0 Å². The average Bonchev–Trinajstić information content (AvgIpc) is 3.55. The standard InChI is InChI=1S/C46H54ClN7O3/c1-32-27-46(31-54(32)38-11-6-35(30-48)41(47)26-38)16-18-50(19-17-46)36-9-4-34(5-10-36)44(57)53-20-14-45(15-21-53)28-39(29-45)52-24-22-51(23-25-52)37-7-2-33(3-8-37)40-12-13-42(55)49-43(40)56/h2-11,26,32,39-40H,12-25,27-29,31H2,1H3,(H,49,55,56)/t32-,40?/m0/s1. The molecule has 0 bridgehead atoms. The van der Waals surface area contributed by atoms with E-state index in [4.69, 9.17) is 11.6 Å². The number of benzene rings is 3. The highest BCUT2D eigenvalue weighted by atomic mass is 35.5. The highest BCUT2D eigenvalue weighted by Crippen LogP contribution is 2.51. The Labute approximate surface area is 341 Å². The molecular weight excluding hydrogens is 734 g/mol. The third-order valence-electron chi connectivity index (χ3n) is 14.7. The van der Waals surface area contributed by atoms with Crippen molar-refractivity contribution in [2.24, 2.45) is 10.8 Å². The van der Waals surface area contributed by atoms with Gasteiger partial charge in [0.1, 0.15) is 6.07 Å². The van der Waals surface area contributed by atoms with Crippen molar-refractivity contribution in [2.75, 3.05) is 73.6 Å². The molecule has 0 aromatic heterocycles. The van der Waals surface area contributed by atoms with Crippen LogP contribution in [0.3, 0.4) is 0 Å². The SMILES string of the molecule is C[C@H]1CC2(CCN(c3ccc(C(=O)N4CCC5(CC4)CC(N4CCN(c6ccc(C7CCC(=O)NC7=O)cc6)CC4)C5)cc3)CC2)CN1c1ccc(C#N)c(Cl)c1. The van der Waals surface area contributed by atoms with Gasteiger partial charge >= 0.3 is 0 Å². The fourth-order valence-electron chi connectivity index (χ4n) is 11.1. The quantitative estimate of drug-likeness (QED) is 0.272. The normalized spacial score (nSPS) is 25.1. The van der Waals surface area contributed by atoms with Crippen LogP contribution in [0.15, 0.2) is 66.7 Å². The van der Waals surface area contributed by atoms with Gasteiger partial charge in [-0.15, -0.1) is 0 Å². The van der Waals surface area contributed by atoms with Crippen molar-refractivity contribution < 1.29 is 14.4 Å². The van der Waals surface area contributed by atoms with Crippen LogP contribution in [0.4, 0.5) is 17.1 Å². The zero-order valence-electron chi connectivity index (χ0n) is 33.1. The van der Waals surface area contributed by atoms with Gasteiger partial charge in [-0.2, -0.15) is 5.26 Å². The average molecular weight is 788 g/mol. The second-order valence-corrected chi connectivity index (χ2v) is 18.4. The van der Waals surface area contributed by atoms with Crippen LogP contribution in [-0.2, 0) is 9.59 Å². The highest BCUT2D eigenvalue weighted by molar-refractivity contribution is 6.32. The molecule has 5 aliphatic heterocycles. The number of anilines is 3. The Balaban J connectivity index is 0.708. The van der Waals surface area contributed by atoms with Crippen LogP contribution in [-0.4, -0.2) is 98.5 Å². The summed E-state index contributed by atoms with van der Waals surface area (Å²) in [5.41, 5.74) is 6.45. The highest BCUT2D eigenvalue weighted by Gasteiger charge is 2.49. The van der Waals surface area contributed by atoms with E-state index in [0.29, 0.717) is 40.9 Å². The Morgan fingerprint density at radius 3 is 2.02 bits per heavy atom. The molecule has 298 valence electrons. The first kappa shape index (κ1) is 38.0. The lowest BCUT2D eigenvalue weighted by Gasteiger charge is -2.56. The number of nitrogens with zero attached hydrogens (tertiary/aromatic N) is 6. The summed E-state index contributed by atoms with van der Waals surface area (Å²) in [6, 6.07) is 25.8. The fourth-order valence-corrected chi connectivity index (χ4v) is 11.3. The fraction of sp³-hybridized carbons (Fsp3) is 0.522. The number of halogens is 1. The topological polar surface area (TPSA) is 103 Å². The number of nitrogens with one attached hydrogen (secondary N) is 1. The molecule has 0 radical (unpaired) electrons. The second-order valence-electron chi connectivity index (χ2n) is 18.0. The van der Waals surface area contributed by atoms with E-state index in [2.05, 4.69) is 79.2 Å². The summed E-state index contributed by atoms with van der Waals surface area (Å²) < 4.78 is 0. The van der Waals surface area contributed by atoms with Gasteiger partial charge in [0.15, 0.2) is 0 Å². The minimum atomic E-state index is -0.241. The molecule has 1 saturated carbocycles. The molecule has 3 amide bonds. The first-order valence-corrected chi connectivity index (χ1v) is 21.5. The van der Waals surface area contributed by atoms with Gasteiger partial charge < -0.3 is 19.6 Å². The van der Waals surface area contributed by atoms with Gasteiger partial charge in [0, 0.05) is 100 Å². The Bertz CT molecular complexity index is 2030. The van der Waals surface area contributed by atoms with E-state index in [-0.39, 0.29) is 29.1 Å². The Morgan fingerprint density at radius 1 is 0.772 bits per heavy atom. The molecular formula is C46H54ClN7O3. The zero-order valence-corrected chi connectivity index (χ0v) is 33.9. The van der Waals surface area contributed by atoms with Crippen LogP contribution in [0.1, 0.15) is 92.1 Å². The number of piperidine rings is 3. The predicted octanol–water partition coefficient (Wildman–Crippen LogP) is 6.82. The first-order chi connectivity index (χ1) is 27.6. The first-order valence-electron chi connectivity index (χ1n) is 21.1. The number of rotatable bonds is 6. The van der Waals surface area contributed by atoms with E-state index in [1.165, 1.54) is 24.2 Å². The van der Waals surface area contributed by atoms with Crippen molar-refractivity contribution in [1.29, 1.82) is 5.26 Å². The number of likely N-dealkylation sites (tertiary alicyclic amines) is 1. The van der Waals surface area contributed by atoms with Crippen LogP contribution < -0.4 is 20.0 Å². The van der Waals surface area contributed by atoms with Crippen LogP contribution in [0, 0.1) is 22.2 Å². The molecule has 5 saturated heterocycles. The molecule has 57 heavy (non-hydrogen) atoms. The third-order valence-corrected chi connectivity index (χ3v) is 15.0. The lowest BCUT2D eigenvalue weighted by Crippen LogP contribution is -2.59. The minimum Gasteiger partial charge on any atom is -0.371 e. The molecule has 10 nitrogen and oxygen atoms in total. The maximum atomic E-state index is 13.6. The Kier molecular flexibility index (Phi) is 10.2. The van der Waals surface area contributed by atoms with Crippen LogP contribution >= 0.6 is 11.6 Å². The molecule has 6 aliphatic rings. The van der Waals surface area contributed by atoms with E-state index >= 15 is 0 Å². The molecule has 1 aliphatic carbocycles. The van der Waals surface area contributed by atoms with Gasteiger partial charge in [-0.05, 0) is 129 Å². The molecule has 2 spiro atoms. The summed E-state index contributed by atoms with van der Waals surface area (Å²) in [6.45, 7) is 11.1. The van der Waals surface area contributed by atoms with Crippen molar-refractivity contribution >= 4 is 46.4 Å². The molecule has 1 unspecified atom stereocenters. The molecule has 9 rings (SSSR count). The smallest absolute Gasteiger partial charge is 0.253 e. The van der Waals surface area contributed by atoms with Gasteiger partial charge in [0.25, 0.3) is 5.91 Å². The van der Waals surface area contributed by atoms with Crippen molar-refractivity contribution in [3.05, 3.63) is 88.4 Å². The van der Waals surface area contributed by atoms with Gasteiger partial charge in [-0.3, -0.25) is 24.6 Å².